The lowest BCUT2D eigenvalue weighted by Gasteiger charge is -2.08. The SMILES string of the molecule is CNc1cc(Oc2ccccc2Cl)nc(C)n1. The van der Waals surface area contributed by atoms with Gasteiger partial charge in [0.25, 0.3) is 0 Å². The summed E-state index contributed by atoms with van der Waals surface area (Å²) in [7, 11) is 1.79. The maximum absolute atomic E-state index is 6.00. The molecular formula is C12H12ClN3O. The number of hydrogen-bond acceptors (Lipinski definition) is 4. The fourth-order valence-electron chi connectivity index (χ4n) is 1.36. The highest BCUT2D eigenvalue weighted by Gasteiger charge is 2.05. The van der Waals surface area contributed by atoms with E-state index in [1.54, 1.807) is 32.2 Å². The molecule has 0 bridgehead atoms. The van der Waals surface area contributed by atoms with Crippen molar-refractivity contribution >= 4 is 17.4 Å². The minimum absolute atomic E-state index is 0.468. The van der Waals surface area contributed by atoms with Crippen molar-refractivity contribution in [1.82, 2.24) is 9.97 Å². The molecule has 17 heavy (non-hydrogen) atoms. The molecular weight excluding hydrogens is 238 g/mol. The van der Waals surface area contributed by atoms with E-state index in [1.165, 1.54) is 0 Å². The van der Waals surface area contributed by atoms with Crippen molar-refractivity contribution in [3.63, 3.8) is 0 Å². The van der Waals surface area contributed by atoms with Crippen molar-refractivity contribution in [1.29, 1.82) is 0 Å². The zero-order valence-electron chi connectivity index (χ0n) is 9.57. The Bertz CT molecular complexity index is 531. The van der Waals surface area contributed by atoms with Gasteiger partial charge < -0.3 is 10.1 Å². The predicted octanol–water partition coefficient (Wildman–Crippen LogP) is 3.27. The smallest absolute Gasteiger partial charge is 0.224 e. The van der Waals surface area contributed by atoms with E-state index >= 15 is 0 Å². The Morgan fingerprint density at radius 2 is 2.00 bits per heavy atom. The second-order valence-electron chi connectivity index (χ2n) is 3.42. The number of hydrogen-bond donors (Lipinski definition) is 1. The molecule has 0 unspecified atom stereocenters. The third kappa shape index (κ3) is 2.85. The molecule has 1 heterocycles. The number of aromatic nitrogens is 2. The van der Waals surface area contributed by atoms with Crippen LogP contribution < -0.4 is 10.1 Å². The van der Waals surface area contributed by atoms with Gasteiger partial charge in [-0.2, -0.15) is 4.98 Å². The van der Waals surface area contributed by atoms with Crippen LogP contribution in [0.25, 0.3) is 0 Å². The van der Waals surface area contributed by atoms with Gasteiger partial charge in [0.05, 0.1) is 5.02 Å². The fraction of sp³-hybridized carbons (Fsp3) is 0.167. The third-order valence-corrected chi connectivity index (χ3v) is 2.43. The lowest BCUT2D eigenvalue weighted by atomic mass is 10.3. The monoisotopic (exact) mass is 249 g/mol. The summed E-state index contributed by atoms with van der Waals surface area (Å²) in [5.74, 6) is 2.39. The lowest BCUT2D eigenvalue weighted by Crippen LogP contribution is -1.98. The molecule has 0 saturated carbocycles. The summed E-state index contributed by atoms with van der Waals surface area (Å²) in [4.78, 5) is 8.37. The largest absolute Gasteiger partial charge is 0.437 e. The van der Waals surface area contributed by atoms with Crippen LogP contribution >= 0.6 is 11.6 Å². The molecule has 0 amide bonds. The molecule has 1 aromatic heterocycles. The second-order valence-corrected chi connectivity index (χ2v) is 3.83. The molecule has 0 aliphatic carbocycles. The first kappa shape index (κ1) is 11.7. The highest BCUT2D eigenvalue weighted by Crippen LogP contribution is 2.28. The van der Waals surface area contributed by atoms with Crippen LogP contribution in [0.1, 0.15) is 5.82 Å². The number of ether oxygens (including phenoxy) is 1. The van der Waals surface area contributed by atoms with E-state index in [9.17, 15) is 0 Å². The van der Waals surface area contributed by atoms with Gasteiger partial charge >= 0.3 is 0 Å². The molecule has 0 saturated heterocycles. The predicted molar refractivity (Wildman–Crippen MR) is 67.8 cm³/mol. The van der Waals surface area contributed by atoms with Gasteiger partial charge in [-0.1, -0.05) is 23.7 Å². The van der Waals surface area contributed by atoms with Gasteiger partial charge in [-0.05, 0) is 19.1 Å². The van der Waals surface area contributed by atoms with Crippen molar-refractivity contribution in [3.05, 3.63) is 41.2 Å². The average Bonchev–Trinajstić information content (AvgIpc) is 2.31. The van der Waals surface area contributed by atoms with Crippen molar-refractivity contribution in [2.24, 2.45) is 0 Å². The first-order chi connectivity index (χ1) is 8.19. The minimum atomic E-state index is 0.468. The zero-order chi connectivity index (χ0) is 12.3. The Morgan fingerprint density at radius 3 is 2.71 bits per heavy atom. The maximum atomic E-state index is 6.00. The van der Waals surface area contributed by atoms with Crippen molar-refractivity contribution in [3.8, 4) is 11.6 Å². The molecule has 0 spiro atoms. The molecule has 0 aliphatic heterocycles. The summed E-state index contributed by atoms with van der Waals surface area (Å²) in [5.41, 5.74) is 0. The molecule has 1 N–H and O–H groups in total. The maximum Gasteiger partial charge on any atom is 0.224 e. The Hall–Kier alpha value is -1.81. The van der Waals surface area contributed by atoms with E-state index < -0.39 is 0 Å². The van der Waals surface area contributed by atoms with Gasteiger partial charge in [0.15, 0.2) is 0 Å². The summed E-state index contributed by atoms with van der Waals surface area (Å²) in [6.07, 6.45) is 0. The number of nitrogens with one attached hydrogen (secondary N) is 1. The van der Waals surface area contributed by atoms with Gasteiger partial charge in [0.1, 0.15) is 17.4 Å². The highest BCUT2D eigenvalue weighted by atomic mass is 35.5. The Labute approximate surface area is 105 Å². The lowest BCUT2D eigenvalue weighted by molar-refractivity contribution is 0.460. The van der Waals surface area contributed by atoms with E-state index in [-0.39, 0.29) is 0 Å². The average molecular weight is 250 g/mol. The van der Waals surface area contributed by atoms with Crippen LogP contribution in [-0.4, -0.2) is 17.0 Å². The van der Waals surface area contributed by atoms with Gasteiger partial charge in [-0.3, -0.25) is 0 Å². The number of rotatable bonds is 3. The van der Waals surface area contributed by atoms with Crippen LogP contribution in [0.4, 0.5) is 5.82 Å². The van der Waals surface area contributed by atoms with Crippen LogP contribution in [-0.2, 0) is 0 Å². The number of para-hydroxylation sites is 1. The number of anilines is 1. The number of nitrogens with zero attached hydrogens (tertiary/aromatic N) is 2. The zero-order valence-corrected chi connectivity index (χ0v) is 10.3. The molecule has 1 aromatic carbocycles. The van der Waals surface area contributed by atoms with Gasteiger partial charge in [-0.15, -0.1) is 0 Å². The molecule has 5 heteroatoms. The van der Waals surface area contributed by atoms with Crippen LogP contribution in [0.15, 0.2) is 30.3 Å². The van der Waals surface area contributed by atoms with Crippen LogP contribution in [0.5, 0.6) is 11.6 Å². The Balaban J connectivity index is 2.30. The van der Waals surface area contributed by atoms with E-state index in [0.29, 0.717) is 28.3 Å². The van der Waals surface area contributed by atoms with Crippen molar-refractivity contribution in [2.45, 2.75) is 6.92 Å². The van der Waals surface area contributed by atoms with Crippen LogP contribution in [0.2, 0.25) is 5.02 Å². The summed E-state index contributed by atoms with van der Waals surface area (Å²) in [6.45, 7) is 1.81. The fourth-order valence-corrected chi connectivity index (χ4v) is 1.54. The summed E-state index contributed by atoms with van der Waals surface area (Å²) < 4.78 is 5.61. The summed E-state index contributed by atoms with van der Waals surface area (Å²) >= 11 is 6.00. The normalized spacial score (nSPS) is 10.1. The first-order valence-electron chi connectivity index (χ1n) is 5.15. The third-order valence-electron chi connectivity index (χ3n) is 2.12. The standard InChI is InChI=1S/C12H12ClN3O/c1-8-15-11(14-2)7-12(16-8)17-10-6-4-3-5-9(10)13/h3-7H,1-2H3,(H,14,15,16). The van der Waals surface area contributed by atoms with Gasteiger partial charge in [0.2, 0.25) is 5.88 Å². The summed E-state index contributed by atoms with van der Waals surface area (Å²) in [6, 6.07) is 8.98. The van der Waals surface area contributed by atoms with Crippen molar-refractivity contribution in [2.75, 3.05) is 12.4 Å². The second kappa shape index (κ2) is 5.01. The van der Waals surface area contributed by atoms with Gasteiger partial charge in [-0.25, -0.2) is 4.98 Å². The topological polar surface area (TPSA) is 47.0 Å². The van der Waals surface area contributed by atoms with Crippen LogP contribution in [0.3, 0.4) is 0 Å². The van der Waals surface area contributed by atoms with E-state index in [2.05, 4.69) is 15.3 Å². The van der Waals surface area contributed by atoms with Gasteiger partial charge in [0, 0.05) is 13.1 Å². The number of benzene rings is 1. The first-order valence-corrected chi connectivity index (χ1v) is 5.52. The Morgan fingerprint density at radius 1 is 1.24 bits per heavy atom. The molecule has 4 nitrogen and oxygen atoms in total. The Kier molecular flexibility index (Phi) is 3.44. The van der Waals surface area contributed by atoms with E-state index in [4.69, 9.17) is 16.3 Å². The molecule has 2 rings (SSSR count). The molecule has 0 fully saturated rings. The molecule has 2 aromatic rings. The molecule has 0 aliphatic rings. The highest BCUT2D eigenvalue weighted by molar-refractivity contribution is 6.32. The van der Waals surface area contributed by atoms with E-state index in [1.807, 2.05) is 12.1 Å². The number of halogens is 1. The quantitative estimate of drug-likeness (QED) is 0.907. The summed E-state index contributed by atoms with van der Waals surface area (Å²) in [5, 5.41) is 3.50. The molecule has 88 valence electrons. The minimum Gasteiger partial charge on any atom is -0.437 e. The molecule has 0 radical (unpaired) electrons. The van der Waals surface area contributed by atoms with Crippen LogP contribution in [0, 0.1) is 6.92 Å². The number of aryl methyl sites for hydroxylation is 1. The van der Waals surface area contributed by atoms with E-state index in [0.717, 1.165) is 0 Å². The van der Waals surface area contributed by atoms with Crippen molar-refractivity contribution < 1.29 is 4.74 Å². The molecule has 0 atom stereocenters.